The van der Waals surface area contributed by atoms with Gasteiger partial charge >= 0.3 is 0 Å². The molecule has 2 rings (SSSR count). The number of benzene rings is 1. The topological polar surface area (TPSA) is 29.5 Å². The van der Waals surface area contributed by atoms with E-state index in [4.69, 9.17) is 16.3 Å². The summed E-state index contributed by atoms with van der Waals surface area (Å²) in [5.74, 6) is 1.39. The van der Waals surface area contributed by atoms with Gasteiger partial charge in [0.2, 0.25) is 0 Å². The van der Waals surface area contributed by atoms with Crippen LogP contribution in [0, 0.1) is 11.3 Å². The molecule has 1 fully saturated rings. The normalized spacial score (nSPS) is 27.4. The summed E-state index contributed by atoms with van der Waals surface area (Å²) >= 11 is 6.09. The molecule has 0 aromatic heterocycles. The van der Waals surface area contributed by atoms with Crippen molar-refractivity contribution < 1.29 is 9.84 Å². The molecular weight excluding hydrogens is 272 g/mol. The summed E-state index contributed by atoms with van der Waals surface area (Å²) in [6.45, 7) is 6.84. The number of aliphatic hydroxyl groups is 1. The Kier molecular flexibility index (Phi) is 4.36. The van der Waals surface area contributed by atoms with Crippen molar-refractivity contribution in [3.8, 4) is 5.75 Å². The molecule has 112 valence electrons. The van der Waals surface area contributed by atoms with Gasteiger partial charge in [-0.15, -0.1) is 0 Å². The van der Waals surface area contributed by atoms with Crippen LogP contribution in [0.2, 0.25) is 5.02 Å². The molecule has 0 bridgehead atoms. The van der Waals surface area contributed by atoms with E-state index in [-0.39, 0.29) is 0 Å². The Hall–Kier alpha value is -0.730. The van der Waals surface area contributed by atoms with Gasteiger partial charge in [-0.3, -0.25) is 0 Å². The number of hydrogen-bond acceptors (Lipinski definition) is 2. The van der Waals surface area contributed by atoms with Gasteiger partial charge in [0, 0.05) is 10.6 Å². The first-order chi connectivity index (χ1) is 9.26. The van der Waals surface area contributed by atoms with E-state index in [1.165, 1.54) is 0 Å². The predicted molar refractivity (Wildman–Crippen MR) is 83.3 cm³/mol. The molecule has 0 heterocycles. The molecule has 1 aromatic carbocycles. The Bertz CT molecular complexity index is 468. The molecule has 2 nitrogen and oxygen atoms in total. The van der Waals surface area contributed by atoms with Crippen molar-refractivity contribution in [1.82, 2.24) is 0 Å². The Balaban J connectivity index is 2.24. The van der Waals surface area contributed by atoms with E-state index in [0.29, 0.717) is 16.4 Å². The first-order valence-corrected chi connectivity index (χ1v) is 7.70. The summed E-state index contributed by atoms with van der Waals surface area (Å²) in [5, 5.41) is 11.7. The fraction of sp³-hybridized carbons (Fsp3) is 0.647. The Morgan fingerprint density at radius 2 is 1.85 bits per heavy atom. The molecule has 1 N–H and O–H groups in total. The van der Waals surface area contributed by atoms with Crippen LogP contribution in [-0.2, 0) is 5.60 Å². The summed E-state index contributed by atoms with van der Waals surface area (Å²) in [4.78, 5) is 0. The number of hydrogen-bond donors (Lipinski definition) is 1. The fourth-order valence-corrected chi connectivity index (χ4v) is 3.45. The lowest BCUT2D eigenvalue weighted by Gasteiger charge is -2.42. The number of methoxy groups -OCH3 is 1. The highest BCUT2D eigenvalue weighted by molar-refractivity contribution is 6.30. The maximum Gasteiger partial charge on any atom is 0.125 e. The molecule has 0 aliphatic heterocycles. The van der Waals surface area contributed by atoms with E-state index < -0.39 is 5.60 Å². The predicted octanol–water partition coefficient (Wildman–Crippen LogP) is 4.77. The van der Waals surface area contributed by atoms with Gasteiger partial charge in [0.1, 0.15) is 5.75 Å². The van der Waals surface area contributed by atoms with Crippen molar-refractivity contribution in [2.75, 3.05) is 7.11 Å². The first kappa shape index (κ1) is 15.7. The van der Waals surface area contributed by atoms with Gasteiger partial charge in [0.25, 0.3) is 0 Å². The minimum atomic E-state index is -0.808. The molecule has 1 aliphatic rings. The van der Waals surface area contributed by atoms with Crippen LogP contribution in [0.4, 0.5) is 0 Å². The van der Waals surface area contributed by atoms with E-state index in [2.05, 4.69) is 20.8 Å². The van der Waals surface area contributed by atoms with E-state index >= 15 is 0 Å². The zero-order chi connectivity index (χ0) is 15.0. The van der Waals surface area contributed by atoms with Crippen LogP contribution in [0.3, 0.4) is 0 Å². The molecule has 0 radical (unpaired) electrons. The summed E-state index contributed by atoms with van der Waals surface area (Å²) in [5.41, 5.74) is 0.331. The maximum atomic E-state index is 11.0. The van der Waals surface area contributed by atoms with Crippen LogP contribution >= 0.6 is 11.6 Å². The van der Waals surface area contributed by atoms with Crippen LogP contribution in [0.15, 0.2) is 18.2 Å². The minimum absolute atomic E-state index is 0.305. The quantitative estimate of drug-likeness (QED) is 0.851. The number of ether oxygens (including phenoxy) is 1. The lowest BCUT2D eigenvalue weighted by atomic mass is 9.67. The van der Waals surface area contributed by atoms with Gasteiger partial charge in [-0.05, 0) is 55.2 Å². The van der Waals surface area contributed by atoms with Crippen LogP contribution < -0.4 is 4.74 Å². The third-order valence-corrected chi connectivity index (χ3v) is 4.94. The average Bonchev–Trinajstić information content (AvgIpc) is 2.38. The smallest absolute Gasteiger partial charge is 0.125 e. The highest BCUT2D eigenvalue weighted by Gasteiger charge is 2.40. The summed E-state index contributed by atoms with van der Waals surface area (Å²) < 4.78 is 5.39. The lowest BCUT2D eigenvalue weighted by molar-refractivity contribution is -0.0312. The van der Waals surface area contributed by atoms with Crippen LogP contribution in [-0.4, -0.2) is 12.2 Å². The van der Waals surface area contributed by atoms with Crippen molar-refractivity contribution in [3.63, 3.8) is 0 Å². The molecule has 1 saturated carbocycles. The van der Waals surface area contributed by atoms with Crippen molar-refractivity contribution in [2.24, 2.45) is 11.3 Å². The van der Waals surface area contributed by atoms with Gasteiger partial charge in [-0.1, -0.05) is 32.4 Å². The van der Waals surface area contributed by atoms with Gasteiger partial charge in [0.15, 0.2) is 0 Å². The minimum Gasteiger partial charge on any atom is -0.496 e. The fourth-order valence-electron chi connectivity index (χ4n) is 3.27. The van der Waals surface area contributed by atoms with E-state index in [1.807, 2.05) is 12.1 Å². The van der Waals surface area contributed by atoms with Gasteiger partial charge in [-0.25, -0.2) is 0 Å². The molecule has 0 spiro atoms. The molecule has 0 saturated heterocycles. The van der Waals surface area contributed by atoms with Crippen molar-refractivity contribution in [2.45, 2.75) is 52.1 Å². The maximum absolute atomic E-state index is 11.0. The Morgan fingerprint density at radius 3 is 2.35 bits per heavy atom. The molecular formula is C17H25ClO2. The van der Waals surface area contributed by atoms with Gasteiger partial charge in [0.05, 0.1) is 12.7 Å². The summed E-state index contributed by atoms with van der Waals surface area (Å²) in [6.07, 6.45) is 3.61. The molecule has 1 aliphatic carbocycles. The van der Waals surface area contributed by atoms with Crippen LogP contribution in [0.5, 0.6) is 5.75 Å². The van der Waals surface area contributed by atoms with E-state index in [1.54, 1.807) is 13.2 Å². The van der Waals surface area contributed by atoms with Crippen molar-refractivity contribution in [3.05, 3.63) is 28.8 Å². The highest BCUT2D eigenvalue weighted by atomic mass is 35.5. The second kappa shape index (κ2) is 5.57. The molecule has 1 aromatic rings. The van der Waals surface area contributed by atoms with E-state index in [0.717, 1.165) is 37.0 Å². The summed E-state index contributed by atoms with van der Waals surface area (Å²) in [6, 6.07) is 5.48. The Morgan fingerprint density at radius 1 is 1.25 bits per heavy atom. The van der Waals surface area contributed by atoms with Gasteiger partial charge < -0.3 is 9.84 Å². The van der Waals surface area contributed by atoms with E-state index in [9.17, 15) is 5.11 Å². The molecule has 0 unspecified atom stereocenters. The highest BCUT2D eigenvalue weighted by Crippen LogP contribution is 2.47. The Labute approximate surface area is 127 Å². The van der Waals surface area contributed by atoms with Gasteiger partial charge in [-0.2, -0.15) is 0 Å². The second-order valence-electron chi connectivity index (χ2n) is 7.02. The lowest BCUT2D eigenvalue weighted by Crippen LogP contribution is -2.35. The average molecular weight is 297 g/mol. The number of halogens is 1. The summed E-state index contributed by atoms with van der Waals surface area (Å²) in [7, 11) is 1.64. The van der Waals surface area contributed by atoms with Crippen LogP contribution in [0.25, 0.3) is 0 Å². The largest absolute Gasteiger partial charge is 0.496 e. The molecule has 20 heavy (non-hydrogen) atoms. The third-order valence-electron chi connectivity index (χ3n) is 4.70. The zero-order valence-corrected chi connectivity index (χ0v) is 13.6. The second-order valence-corrected chi connectivity index (χ2v) is 7.45. The standard InChI is InChI=1S/C17H25ClO2/c1-16(2,3)12-7-9-17(19,10-8-12)14-11-13(18)5-6-15(14)20-4/h5-6,11-12,19H,7-10H2,1-4H3. The number of rotatable bonds is 2. The SMILES string of the molecule is COc1ccc(Cl)cc1C1(O)CCC(C(C)(C)C)CC1. The van der Waals surface area contributed by atoms with Crippen LogP contribution in [0.1, 0.15) is 52.0 Å². The zero-order valence-electron chi connectivity index (χ0n) is 12.9. The van der Waals surface area contributed by atoms with Crippen molar-refractivity contribution >= 4 is 11.6 Å². The first-order valence-electron chi connectivity index (χ1n) is 7.33. The molecule has 3 heteroatoms. The van der Waals surface area contributed by atoms with Crippen molar-refractivity contribution in [1.29, 1.82) is 0 Å². The monoisotopic (exact) mass is 296 g/mol. The molecule has 0 atom stereocenters. The third kappa shape index (κ3) is 3.12. The molecule has 0 amide bonds.